The minimum Gasteiger partial charge on any atom is -0.457 e. The quantitative estimate of drug-likeness (QED) is 0.329. The Balaban J connectivity index is 1.43. The fourth-order valence-electron chi connectivity index (χ4n) is 4.35. The van der Waals surface area contributed by atoms with Gasteiger partial charge in [0.25, 0.3) is 0 Å². The summed E-state index contributed by atoms with van der Waals surface area (Å²) in [4.78, 5) is 25.1. The first-order chi connectivity index (χ1) is 15.7. The van der Waals surface area contributed by atoms with Gasteiger partial charge in [-0.3, -0.25) is 0 Å². The lowest BCUT2D eigenvalue weighted by Gasteiger charge is -2.41. The maximum absolute atomic E-state index is 12.8. The smallest absolute Gasteiger partial charge is 0.343 e. The van der Waals surface area contributed by atoms with E-state index < -0.39 is 11.9 Å². The fourth-order valence-corrected chi connectivity index (χ4v) is 4.35. The van der Waals surface area contributed by atoms with E-state index in [1.807, 2.05) is 42.5 Å². The Bertz CT molecular complexity index is 1160. The Labute approximate surface area is 195 Å². The summed E-state index contributed by atoms with van der Waals surface area (Å²) < 4.78 is 10.9. The predicted octanol–water partition coefficient (Wildman–Crippen LogP) is 6.61. The van der Waals surface area contributed by atoms with Crippen LogP contribution in [-0.2, 0) is 22.2 Å². The SMILES string of the molecule is CC1(C)CCC(C)(C)c2cc(C(=O)Oc3ccc(C(=O)OCc4ccccc4)cc3)ccc21. The van der Waals surface area contributed by atoms with Crippen LogP contribution < -0.4 is 4.74 Å². The summed E-state index contributed by atoms with van der Waals surface area (Å²) in [5, 5.41) is 0. The van der Waals surface area contributed by atoms with Crippen molar-refractivity contribution in [2.75, 3.05) is 0 Å². The number of carbonyl (C=O) groups is 2. The van der Waals surface area contributed by atoms with Gasteiger partial charge in [-0.15, -0.1) is 0 Å². The summed E-state index contributed by atoms with van der Waals surface area (Å²) in [5.74, 6) is -0.440. The Kier molecular flexibility index (Phi) is 6.11. The highest BCUT2D eigenvalue weighted by Crippen LogP contribution is 2.45. The van der Waals surface area contributed by atoms with Crippen molar-refractivity contribution in [2.45, 2.75) is 58.0 Å². The number of esters is 2. The third-order valence-electron chi connectivity index (χ3n) is 6.60. The van der Waals surface area contributed by atoms with Gasteiger partial charge in [0, 0.05) is 0 Å². The van der Waals surface area contributed by atoms with Gasteiger partial charge in [-0.1, -0.05) is 64.1 Å². The van der Waals surface area contributed by atoms with Crippen LogP contribution in [0.5, 0.6) is 5.75 Å². The van der Waals surface area contributed by atoms with Gasteiger partial charge < -0.3 is 9.47 Å². The zero-order chi connectivity index (χ0) is 23.6. The van der Waals surface area contributed by atoms with Crippen LogP contribution in [0.4, 0.5) is 0 Å². The summed E-state index contributed by atoms with van der Waals surface area (Å²) in [6.45, 7) is 9.18. The molecule has 1 aliphatic carbocycles. The standard InChI is InChI=1S/C29H30O4/c1-28(2)16-17-29(3,4)25-18-22(12-15-24(25)28)27(31)33-23-13-10-21(11-14-23)26(30)32-19-20-8-6-5-7-9-20/h5-15,18H,16-17,19H2,1-4H3. The molecule has 4 rings (SSSR count). The van der Waals surface area contributed by atoms with Crippen molar-refractivity contribution in [3.63, 3.8) is 0 Å². The van der Waals surface area contributed by atoms with Crippen molar-refractivity contribution < 1.29 is 19.1 Å². The van der Waals surface area contributed by atoms with Crippen LogP contribution >= 0.6 is 0 Å². The second kappa shape index (κ2) is 8.86. The lowest BCUT2D eigenvalue weighted by Crippen LogP contribution is -2.34. The first-order valence-electron chi connectivity index (χ1n) is 11.3. The molecule has 0 spiro atoms. The van der Waals surface area contributed by atoms with Crippen LogP contribution in [0.15, 0.2) is 72.8 Å². The molecule has 0 amide bonds. The minimum atomic E-state index is -0.420. The summed E-state index contributed by atoms with van der Waals surface area (Å²) in [6.07, 6.45) is 2.20. The second-order valence-corrected chi connectivity index (χ2v) is 10.0. The van der Waals surface area contributed by atoms with Crippen LogP contribution in [0, 0.1) is 0 Å². The second-order valence-electron chi connectivity index (χ2n) is 10.0. The molecule has 1 aliphatic rings. The minimum absolute atomic E-state index is 0.0168. The first kappa shape index (κ1) is 22.8. The molecule has 0 saturated carbocycles. The molecule has 0 aliphatic heterocycles. The average Bonchev–Trinajstić information content (AvgIpc) is 2.81. The van der Waals surface area contributed by atoms with Crippen molar-refractivity contribution in [2.24, 2.45) is 0 Å². The first-order valence-corrected chi connectivity index (χ1v) is 11.3. The van der Waals surface area contributed by atoms with Gasteiger partial charge in [-0.2, -0.15) is 0 Å². The molecule has 0 atom stereocenters. The van der Waals surface area contributed by atoms with E-state index in [4.69, 9.17) is 9.47 Å². The van der Waals surface area contributed by atoms with Gasteiger partial charge in [0.1, 0.15) is 12.4 Å². The molecule has 0 heterocycles. The third-order valence-corrected chi connectivity index (χ3v) is 6.60. The van der Waals surface area contributed by atoms with E-state index in [1.165, 1.54) is 11.1 Å². The number of carbonyl (C=O) groups excluding carboxylic acids is 2. The van der Waals surface area contributed by atoms with Crippen LogP contribution in [-0.4, -0.2) is 11.9 Å². The zero-order valence-electron chi connectivity index (χ0n) is 19.7. The van der Waals surface area contributed by atoms with Gasteiger partial charge in [0.05, 0.1) is 11.1 Å². The molecular weight excluding hydrogens is 412 g/mol. The van der Waals surface area contributed by atoms with Crippen molar-refractivity contribution in [1.29, 1.82) is 0 Å². The number of ether oxygens (including phenoxy) is 2. The van der Waals surface area contributed by atoms with E-state index in [2.05, 4.69) is 33.8 Å². The molecule has 0 N–H and O–H groups in total. The molecule has 3 aromatic rings. The molecule has 0 fully saturated rings. The molecule has 0 saturated heterocycles. The molecule has 0 aromatic heterocycles. The van der Waals surface area contributed by atoms with Crippen molar-refractivity contribution in [3.8, 4) is 5.75 Å². The number of hydrogen-bond acceptors (Lipinski definition) is 4. The third kappa shape index (κ3) is 5.00. The van der Waals surface area contributed by atoms with E-state index in [0.29, 0.717) is 16.9 Å². The van der Waals surface area contributed by atoms with Crippen molar-refractivity contribution >= 4 is 11.9 Å². The molecule has 0 bridgehead atoms. The zero-order valence-corrected chi connectivity index (χ0v) is 19.7. The van der Waals surface area contributed by atoms with Gasteiger partial charge in [0.15, 0.2) is 0 Å². The maximum Gasteiger partial charge on any atom is 0.343 e. The summed E-state index contributed by atoms with van der Waals surface area (Å²) in [7, 11) is 0. The Morgan fingerprint density at radius 3 is 2.00 bits per heavy atom. The average molecular weight is 443 g/mol. The monoisotopic (exact) mass is 442 g/mol. The number of benzene rings is 3. The van der Waals surface area contributed by atoms with Crippen LogP contribution in [0.25, 0.3) is 0 Å². The molecular formula is C29H30O4. The largest absolute Gasteiger partial charge is 0.457 e. The molecule has 0 radical (unpaired) electrons. The predicted molar refractivity (Wildman–Crippen MR) is 129 cm³/mol. The summed E-state index contributed by atoms with van der Waals surface area (Å²) in [5.41, 5.74) is 4.49. The Morgan fingerprint density at radius 2 is 1.33 bits per heavy atom. The van der Waals surface area contributed by atoms with E-state index >= 15 is 0 Å². The van der Waals surface area contributed by atoms with Crippen molar-refractivity contribution in [3.05, 3.63) is 101 Å². The van der Waals surface area contributed by atoms with Gasteiger partial charge in [-0.05, 0) is 76.8 Å². The fraction of sp³-hybridized carbons (Fsp3) is 0.310. The van der Waals surface area contributed by atoms with E-state index in [-0.39, 0.29) is 17.4 Å². The maximum atomic E-state index is 12.8. The number of hydrogen-bond donors (Lipinski definition) is 0. The lowest BCUT2D eigenvalue weighted by molar-refractivity contribution is 0.0472. The lowest BCUT2D eigenvalue weighted by atomic mass is 9.63. The topological polar surface area (TPSA) is 52.6 Å². The molecule has 4 nitrogen and oxygen atoms in total. The highest BCUT2D eigenvalue weighted by molar-refractivity contribution is 5.92. The Hall–Kier alpha value is -3.40. The molecule has 0 unspecified atom stereocenters. The van der Waals surface area contributed by atoms with E-state index in [1.54, 1.807) is 24.3 Å². The van der Waals surface area contributed by atoms with Crippen LogP contribution in [0.1, 0.15) is 77.9 Å². The summed E-state index contributed by atoms with van der Waals surface area (Å²) >= 11 is 0. The number of rotatable bonds is 5. The Morgan fingerprint density at radius 1 is 0.727 bits per heavy atom. The number of fused-ring (bicyclic) bond motifs is 1. The van der Waals surface area contributed by atoms with Crippen LogP contribution in [0.3, 0.4) is 0 Å². The molecule has 170 valence electrons. The molecule has 33 heavy (non-hydrogen) atoms. The highest BCUT2D eigenvalue weighted by Gasteiger charge is 2.37. The van der Waals surface area contributed by atoms with E-state index in [0.717, 1.165) is 18.4 Å². The van der Waals surface area contributed by atoms with Crippen LogP contribution in [0.2, 0.25) is 0 Å². The van der Waals surface area contributed by atoms with E-state index in [9.17, 15) is 9.59 Å². The molecule has 3 aromatic carbocycles. The van der Waals surface area contributed by atoms with Gasteiger partial charge in [0.2, 0.25) is 0 Å². The summed E-state index contributed by atoms with van der Waals surface area (Å²) in [6, 6.07) is 21.8. The normalized spacial score (nSPS) is 15.9. The molecule has 4 heteroatoms. The van der Waals surface area contributed by atoms with Gasteiger partial charge >= 0.3 is 11.9 Å². The van der Waals surface area contributed by atoms with Crippen molar-refractivity contribution in [1.82, 2.24) is 0 Å². The highest BCUT2D eigenvalue weighted by atomic mass is 16.5. The van der Waals surface area contributed by atoms with Gasteiger partial charge in [-0.25, -0.2) is 9.59 Å².